The number of nitrogens with one attached hydrogen (secondary N) is 2. The van der Waals surface area contributed by atoms with Crippen molar-refractivity contribution >= 4 is 40.8 Å². The number of amides is 3. The van der Waals surface area contributed by atoms with E-state index < -0.39 is 18.1 Å². The lowest BCUT2D eigenvalue weighted by molar-refractivity contribution is -0.157. The predicted octanol–water partition coefficient (Wildman–Crippen LogP) is 1.56. The minimum atomic E-state index is -0.771. The van der Waals surface area contributed by atoms with Crippen molar-refractivity contribution in [3.63, 3.8) is 0 Å². The Bertz CT molecular complexity index is 1290. The van der Waals surface area contributed by atoms with E-state index in [9.17, 15) is 19.2 Å². The van der Waals surface area contributed by atoms with Gasteiger partial charge in [0.15, 0.2) is 11.0 Å². The van der Waals surface area contributed by atoms with Crippen LogP contribution in [-0.4, -0.2) is 108 Å². The molecule has 11 nitrogen and oxygen atoms in total. The molecular weight excluding hydrogens is 554 g/mol. The van der Waals surface area contributed by atoms with Gasteiger partial charge in [0.2, 0.25) is 23.5 Å². The second kappa shape index (κ2) is 13.5. The number of thiazole rings is 1. The first-order valence-electron chi connectivity index (χ1n) is 14.7. The van der Waals surface area contributed by atoms with Crippen molar-refractivity contribution in [2.45, 2.75) is 56.7 Å². The molecule has 1 aromatic heterocycles. The van der Waals surface area contributed by atoms with E-state index in [0.717, 1.165) is 18.8 Å². The molecule has 2 aromatic rings. The Kier molecular flexibility index (Phi) is 9.51. The molecule has 0 saturated carbocycles. The third-order valence-electron chi connectivity index (χ3n) is 8.60. The zero-order valence-corrected chi connectivity index (χ0v) is 25.0. The van der Waals surface area contributed by atoms with Crippen LogP contribution in [0.5, 0.6) is 0 Å². The van der Waals surface area contributed by atoms with Crippen molar-refractivity contribution < 1.29 is 19.2 Å². The number of ketones is 1. The summed E-state index contributed by atoms with van der Waals surface area (Å²) in [6, 6.07) is 7.90. The number of likely N-dealkylation sites (tertiary alicyclic amines) is 1. The quantitative estimate of drug-likeness (QED) is 0.257. The summed E-state index contributed by atoms with van der Waals surface area (Å²) in [4.78, 5) is 67.7. The highest BCUT2D eigenvalue weighted by molar-refractivity contribution is 7.11. The van der Waals surface area contributed by atoms with Crippen LogP contribution in [-0.2, 0) is 20.8 Å². The van der Waals surface area contributed by atoms with Crippen molar-refractivity contribution in [1.82, 2.24) is 30.3 Å². The summed E-state index contributed by atoms with van der Waals surface area (Å²) >= 11 is 1.25. The summed E-state index contributed by atoms with van der Waals surface area (Å²) in [7, 11) is 3.56. The number of rotatable bonds is 9. The third kappa shape index (κ3) is 6.33. The van der Waals surface area contributed by atoms with Gasteiger partial charge in [0, 0.05) is 45.3 Å². The molecule has 224 valence electrons. The molecule has 5 rings (SSSR count). The number of carbonyl (C=O) groups excluding carboxylic acids is 4. The van der Waals surface area contributed by atoms with E-state index in [-0.39, 0.29) is 36.0 Å². The molecule has 0 bridgehead atoms. The molecule has 3 aliphatic heterocycles. The number of nitrogens with zero attached hydrogens (tertiary/aromatic N) is 5. The predicted molar refractivity (Wildman–Crippen MR) is 160 cm³/mol. The van der Waals surface area contributed by atoms with Crippen LogP contribution in [0, 0.1) is 5.92 Å². The molecule has 3 fully saturated rings. The summed E-state index contributed by atoms with van der Waals surface area (Å²) in [5.41, 5.74) is 1.20. The van der Waals surface area contributed by atoms with E-state index in [0.29, 0.717) is 50.3 Å². The van der Waals surface area contributed by atoms with E-state index in [2.05, 4.69) is 37.6 Å². The van der Waals surface area contributed by atoms with Gasteiger partial charge in [-0.25, -0.2) is 4.98 Å². The van der Waals surface area contributed by atoms with Gasteiger partial charge >= 0.3 is 0 Å². The van der Waals surface area contributed by atoms with Crippen molar-refractivity contribution in [3.05, 3.63) is 52.5 Å². The van der Waals surface area contributed by atoms with Crippen LogP contribution in [0.4, 0.5) is 0 Å². The second-order valence-electron chi connectivity index (χ2n) is 11.1. The average molecular weight is 594 g/mol. The van der Waals surface area contributed by atoms with Crippen LogP contribution in [0.3, 0.4) is 0 Å². The molecular formula is C30H39N7O4S. The van der Waals surface area contributed by atoms with Crippen LogP contribution < -0.4 is 10.6 Å². The van der Waals surface area contributed by atoms with Crippen LogP contribution in [0.25, 0.3) is 0 Å². The van der Waals surface area contributed by atoms with Gasteiger partial charge < -0.3 is 25.3 Å². The number of hydrogen-bond donors (Lipinski definition) is 2. The second-order valence-corrected chi connectivity index (χ2v) is 12.0. The topological polar surface area (TPSA) is 127 Å². The highest BCUT2D eigenvalue weighted by atomic mass is 32.1. The van der Waals surface area contributed by atoms with Crippen LogP contribution >= 0.6 is 11.3 Å². The van der Waals surface area contributed by atoms with Crippen molar-refractivity contribution in [1.29, 1.82) is 0 Å². The Morgan fingerprint density at radius 1 is 1.12 bits per heavy atom. The van der Waals surface area contributed by atoms with Gasteiger partial charge in [-0.05, 0) is 50.0 Å². The number of hydrogen-bond acceptors (Lipinski definition) is 7. The Labute approximate surface area is 250 Å². The highest BCUT2D eigenvalue weighted by Crippen LogP contribution is 2.31. The maximum absolute atomic E-state index is 13.7. The number of aromatic nitrogens is 1. The first kappa shape index (κ1) is 29.7. The lowest BCUT2D eigenvalue weighted by Gasteiger charge is -2.40. The van der Waals surface area contributed by atoms with E-state index in [1.165, 1.54) is 21.8 Å². The van der Waals surface area contributed by atoms with Gasteiger partial charge in [0.1, 0.15) is 12.1 Å². The fourth-order valence-electron chi connectivity index (χ4n) is 6.48. The molecule has 0 aliphatic carbocycles. The van der Waals surface area contributed by atoms with E-state index >= 15 is 0 Å². The Morgan fingerprint density at radius 3 is 2.55 bits per heavy atom. The van der Waals surface area contributed by atoms with Crippen LogP contribution in [0.15, 0.2) is 46.9 Å². The lowest BCUT2D eigenvalue weighted by atomic mass is 9.86. The molecule has 3 aliphatic rings. The van der Waals surface area contributed by atoms with Crippen molar-refractivity contribution in [2.75, 3.05) is 40.3 Å². The number of aryl methyl sites for hydroxylation is 1. The van der Waals surface area contributed by atoms with Gasteiger partial charge in [-0.1, -0.05) is 30.3 Å². The molecule has 4 heterocycles. The molecule has 2 N–H and O–H groups in total. The number of benzene rings is 1. The third-order valence-corrected chi connectivity index (χ3v) is 9.39. The fraction of sp³-hybridized carbons (Fsp3) is 0.533. The number of guanidine groups is 1. The molecule has 12 heteroatoms. The van der Waals surface area contributed by atoms with E-state index in [1.54, 1.807) is 23.5 Å². The molecule has 42 heavy (non-hydrogen) atoms. The number of piperidine rings is 1. The molecule has 0 spiro atoms. The molecule has 3 saturated heterocycles. The number of piperazine rings is 1. The minimum absolute atomic E-state index is 0.0272. The zero-order valence-electron chi connectivity index (χ0n) is 24.2. The highest BCUT2D eigenvalue weighted by Gasteiger charge is 2.49. The monoisotopic (exact) mass is 593 g/mol. The van der Waals surface area contributed by atoms with E-state index in [1.807, 2.05) is 25.2 Å². The van der Waals surface area contributed by atoms with Crippen molar-refractivity contribution in [3.8, 4) is 0 Å². The van der Waals surface area contributed by atoms with Gasteiger partial charge in [-0.15, -0.1) is 11.3 Å². The Morgan fingerprint density at radius 2 is 1.88 bits per heavy atom. The molecule has 1 aromatic carbocycles. The fourth-order valence-corrected chi connectivity index (χ4v) is 7.10. The normalized spacial score (nSPS) is 22.2. The molecule has 3 amide bonds. The standard InChI is InChI=1S/C30H39N7O4S/c1-31-30(32-2)35-16-12-21(13-17-35)25(26(39)28-33-14-18-42-28)34-27(40)22-10-11-23-29(41)36(19-24(38)37(22)23)15-6-9-20-7-4-3-5-8-20/h3-5,7-8,14,18,21-23,25H,6,9-13,15-17,19H2,1-2H3,(H,31,32)(H,34,40)/t22-,23-,25-/m0/s1. The molecule has 0 unspecified atom stereocenters. The lowest BCUT2D eigenvalue weighted by Crippen LogP contribution is -2.62. The van der Waals surface area contributed by atoms with Gasteiger partial charge in [-0.2, -0.15) is 0 Å². The maximum atomic E-state index is 13.7. The SMILES string of the molecule is CN=C(NC)N1CCC([C@H](NC(=O)[C@@H]2CC[C@H]3C(=O)N(CCCc4ccccc4)CC(=O)N23)C(=O)c2nccs2)CC1. The summed E-state index contributed by atoms with van der Waals surface area (Å²) in [6.07, 6.45) is 5.38. The summed E-state index contributed by atoms with van der Waals surface area (Å²) in [5.74, 6) is -0.202. The molecule has 3 atom stereocenters. The first-order valence-corrected chi connectivity index (χ1v) is 15.6. The zero-order chi connectivity index (χ0) is 29.6. The largest absolute Gasteiger partial charge is 0.359 e. The average Bonchev–Trinajstić information content (AvgIpc) is 3.71. The molecule has 0 radical (unpaired) electrons. The number of aliphatic imine (C=N–C) groups is 1. The first-order chi connectivity index (χ1) is 20.4. The smallest absolute Gasteiger partial charge is 0.245 e. The Balaban J connectivity index is 1.23. The number of carbonyl (C=O) groups is 4. The van der Waals surface area contributed by atoms with Crippen LogP contribution in [0.1, 0.15) is 47.5 Å². The van der Waals surface area contributed by atoms with Gasteiger partial charge in [0.25, 0.3) is 0 Å². The number of Topliss-reactive ketones (excluding diaryl/α,β-unsaturated/α-hetero) is 1. The van der Waals surface area contributed by atoms with E-state index in [4.69, 9.17) is 0 Å². The summed E-state index contributed by atoms with van der Waals surface area (Å²) < 4.78 is 0. The Hall–Kier alpha value is -3.80. The van der Waals surface area contributed by atoms with Crippen LogP contribution in [0.2, 0.25) is 0 Å². The maximum Gasteiger partial charge on any atom is 0.245 e. The van der Waals surface area contributed by atoms with Gasteiger partial charge in [-0.3, -0.25) is 24.2 Å². The summed E-state index contributed by atoms with van der Waals surface area (Å²) in [5, 5.41) is 8.22. The van der Waals surface area contributed by atoms with Crippen molar-refractivity contribution in [2.24, 2.45) is 10.9 Å². The number of fused-ring (bicyclic) bond motifs is 1. The summed E-state index contributed by atoms with van der Waals surface area (Å²) in [6.45, 7) is 1.86. The van der Waals surface area contributed by atoms with Gasteiger partial charge in [0.05, 0.1) is 12.6 Å². The minimum Gasteiger partial charge on any atom is -0.359 e.